The van der Waals surface area contributed by atoms with Crippen molar-refractivity contribution in [1.82, 2.24) is 0 Å². The maximum atomic E-state index is 13.2. The van der Waals surface area contributed by atoms with Gasteiger partial charge < -0.3 is 32.7 Å². The van der Waals surface area contributed by atoms with Gasteiger partial charge in [-0.25, -0.2) is 0 Å². The molecule has 0 bridgehead atoms. The molecule has 9 rings (SSSR count). The lowest BCUT2D eigenvalue weighted by atomic mass is 9.46. The number of carbonyl (C=O) groups excluding carboxylic acids is 2. The van der Waals surface area contributed by atoms with Crippen LogP contribution >= 0.6 is 0 Å². The number of halogens is 3. The number of hydrogen-bond donors (Lipinski definition) is 0. The SMILES string of the molecule is CC.COC(=O)[C@H]1C[C@@H](C)CC[C@]1(C)[C@H]1CC[C@@]2(C)C(CCC23OCCO3)[C@@H]1C=O.C[C@H]1CC[C@@]2(C)C(C1)C(OS(=O)(=O)C(F)(F)F)=C[C@@H]1[C@@H]2CC[C@@]2(C)[C@H]1CCC21OCCO1. The molecule has 0 N–H and O–H groups in total. The molecule has 7 aliphatic carbocycles. The molecule has 10 nitrogen and oxygen atoms in total. The van der Waals surface area contributed by atoms with Crippen molar-refractivity contribution in [2.45, 2.75) is 162 Å². The molecule has 0 aromatic heterocycles. The molecule has 354 valence electrons. The van der Waals surface area contributed by atoms with Crippen LogP contribution < -0.4 is 0 Å². The van der Waals surface area contributed by atoms with Crippen molar-refractivity contribution in [2.24, 2.45) is 80.8 Å². The second-order valence-electron chi connectivity index (χ2n) is 21.6. The Morgan fingerprint density at radius 2 is 1.19 bits per heavy atom. The van der Waals surface area contributed by atoms with E-state index in [1.807, 2.05) is 13.8 Å². The molecular weight excluding hydrogens is 826 g/mol. The Morgan fingerprint density at radius 3 is 1.73 bits per heavy atom. The highest BCUT2D eigenvalue weighted by atomic mass is 32.2. The molecule has 0 radical (unpaired) electrons. The van der Waals surface area contributed by atoms with Crippen LogP contribution in [0.15, 0.2) is 11.8 Å². The fourth-order valence-electron chi connectivity index (χ4n) is 15.6. The fraction of sp³-hybridized carbons (Fsp3) is 0.917. The molecule has 2 heterocycles. The van der Waals surface area contributed by atoms with E-state index in [2.05, 4.69) is 41.5 Å². The highest BCUT2D eigenvalue weighted by molar-refractivity contribution is 7.87. The van der Waals surface area contributed by atoms with Gasteiger partial charge in [0.15, 0.2) is 11.6 Å². The number of aldehydes is 1. The van der Waals surface area contributed by atoms with Crippen molar-refractivity contribution >= 4 is 22.4 Å². The largest absolute Gasteiger partial charge is 0.534 e. The lowest BCUT2D eigenvalue weighted by Crippen LogP contribution is -2.56. The predicted molar refractivity (Wildman–Crippen MR) is 226 cm³/mol. The molecule has 8 fully saturated rings. The summed E-state index contributed by atoms with van der Waals surface area (Å²) >= 11 is 0. The highest BCUT2D eigenvalue weighted by Crippen LogP contribution is 2.70. The van der Waals surface area contributed by atoms with Crippen molar-refractivity contribution in [3.05, 3.63) is 11.8 Å². The van der Waals surface area contributed by atoms with Crippen LogP contribution in [0.2, 0.25) is 0 Å². The smallest absolute Gasteiger partial charge is 0.469 e. The number of ether oxygens (including phenoxy) is 5. The zero-order valence-corrected chi connectivity index (χ0v) is 39.6. The summed E-state index contributed by atoms with van der Waals surface area (Å²) in [5.74, 6) is 0.00786. The van der Waals surface area contributed by atoms with Gasteiger partial charge in [-0.2, -0.15) is 21.6 Å². The minimum Gasteiger partial charge on any atom is -0.469 e. The van der Waals surface area contributed by atoms with Gasteiger partial charge in [0.2, 0.25) is 0 Å². The molecular formula is C48H75F3O10S. The monoisotopic (exact) mass is 901 g/mol. The molecule has 2 aliphatic heterocycles. The van der Waals surface area contributed by atoms with Gasteiger partial charge in [-0.3, -0.25) is 4.79 Å². The maximum absolute atomic E-state index is 13.2. The van der Waals surface area contributed by atoms with Crippen LogP contribution in [0.5, 0.6) is 0 Å². The third-order valence-electron chi connectivity index (χ3n) is 19.0. The molecule has 6 saturated carbocycles. The molecule has 14 atom stereocenters. The van der Waals surface area contributed by atoms with Crippen LogP contribution in [0.3, 0.4) is 0 Å². The van der Waals surface area contributed by atoms with Gasteiger partial charge in [-0.15, -0.1) is 0 Å². The van der Waals surface area contributed by atoms with E-state index in [4.69, 9.17) is 27.9 Å². The number of fused-ring (bicyclic) bond motifs is 8. The summed E-state index contributed by atoms with van der Waals surface area (Å²) in [7, 11) is -4.21. The molecule has 2 spiro atoms. The van der Waals surface area contributed by atoms with Crippen molar-refractivity contribution in [1.29, 1.82) is 0 Å². The van der Waals surface area contributed by atoms with E-state index in [1.165, 1.54) is 13.4 Å². The van der Waals surface area contributed by atoms with Crippen LogP contribution in [-0.2, 0) is 47.6 Å². The fourth-order valence-corrected chi connectivity index (χ4v) is 16.1. The quantitative estimate of drug-likeness (QED) is 0.114. The minimum atomic E-state index is -5.71. The summed E-state index contributed by atoms with van der Waals surface area (Å²) in [5.41, 5.74) is -6.27. The van der Waals surface area contributed by atoms with Gasteiger partial charge >= 0.3 is 21.6 Å². The predicted octanol–water partition coefficient (Wildman–Crippen LogP) is 10.4. The summed E-state index contributed by atoms with van der Waals surface area (Å²) < 4.78 is 98.4. The number of alkyl halides is 3. The molecule has 0 amide bonds. The maximum Gasteiger partial charge on any atom is 0.534 e. The van der Waals surface area contributed by atoms with Crippen LogP contribution in [0.4, 0.5) is 13.2 Å². The highest BCUT2D eigenvalue weighted by Gasteiger charge is 2.69. The van der Waals surface area contributed by atoms with Crippen LogP contribution in [0, 0.1) is 80.8 Å². The van der Waals surface area contributed by atoms with E-state index in [0.29, 0.717) is 44.7 Å². The normalized spacial score (nSPS) is 45.2. The Kier molecular flexibility index (Phi) is 13.3. The Balaban J connectivity index is 0.000000181. The first kappa shape index (κ1) is 48.2. The summed E-state index contributed by atoms with van der Waals surface area (Å²) in [6.07, 6.45) is 15.7. The van der Waals surface area contributed by atoms with Gasteiger partial charge in [0.1, 0.15) is 12.0 Å². The third kappa shape index (κ3) is 7.44. The van der Waals surface area contributed by atoms with Crippen LogP contribution in [-0.4, -0.2) is 71.3 Å². The van der Waals surface area contributed by atoms with Crippen molar-refractivity contribution in [3.8, 4) is 0 Å². The molecule has 9 aliphatic rings. The number of methoxy groups -OCH3 is 1. The van der Waals surface area contributed by atoms with Crippen molar-refractivity contribution < 1.29 is 59.0 Å². The number of carbonyl (C=O) groups is 2. The Labute approximate surface area is 368 Å². The summed E-state index contributed by atoms with van der Waals surface area (Å²) in [4.78, 5) is 25.2. The minimum absolute atomic E-state index is 0.0103. The van der Waals surface area contributed by atoms with Gasteiger partial charge in [-0.1, -0.05) is 68.2 Å². The summed E-state index contributed by atoms with van der Waals surface area (Å²) in [5, 5.41) is 0. The van der Waals surface area contributed by atoms with Crippen molar-refractivity contribution in [2.75, 3.05) is 33.5 Å². The number of hydrogen-bond acceptors (Lipinski definition) is 10. The Morgan fingerprint density at radius 1 is 0.710 bits per heavy atom. The van der Waals surface area contributed by atoms with E-state index >= 15 is 0 Å². The Bertz CT molecular complexity index is 1790. The molecule has 62 heavy (non-hydrogen) atoms. The first-order valence-corrected chi connectivity index (χ1v) is 25.4. The van der Waals surface area contributed by atoms with Gasteiger partial charge in [0, 0.05) is 35.5 Å². The molecule has 0 aromatic carbocycles. The van der Waals surface area contributed by atoms with E-state index in [-0.39, 0.29) is 80.7 Å². The van der Waals surface area contributed by atoms with E-state index < -0.39 is 27.2 Å². The lowest BCUT2D eigenvalue weighted by Gasteiger charge is -2.60. The number of allylic oxidation sites excluding steroid dienone is 2. The topological polar surface area (TPSA) is 124 Å². The lowest BCUT2D eigenvalue weighted by molar-refractivity contribution is -0.242. The standard InChI is InChI=1S/C23H33F3O5S.C23H36O5.C2H6/c1-14-4-7-20(2)16-5-8-21(3)17(6-9-22(21)29-10-11-30-22)15(16)13-19(18(20)12-14)31-32(27,28)23(24,25)26;1-15-5-8-21(2,19(13-15)20(25)26-4)17-6-9-22(3)18(16(17)14-24)7-10-23(22)27-11-12-28-23;1-2/h13-18H,4-12H2,1-3H3;14-19H,5-13H2,1-4H3;1-2H3/t14-,15+,16-,17-,18?,20+,21-;15-,16+,17-,18?,19+,21+,22-;/m00./s1. The molecule has 2 unspecified atom stereocenters. The Hall–Kier alpha value is -1.74. The first-order valence-electron chi connectivity index (χ1n) is 24.0. The average molecular weight is 901 g/mol. The van der Waals surface area contributed by atoms with Gasteiger partial charge in [0.25, 0.3) is 0 Å². The van der Waals surface area contributed by atoms with E-state index in [0.717, 1.165) is 83.5 Å². The summed E-state index contributed by atoms with van der Waals surface area (Å²) in [6.45, 7) is 19.6. The van der Waals surface area contributed by atoms with Crippen LogP contribution in [0.25, 0.3) is 0 Å². The van der Waals surface area contributed by atoms with Crippen molar-refractivity contribution in [3.63, 3.8) is 0 Å². The molecule has 2 saturated heterocycles. The number of esters is 1. The van der Waals surface area contributed by atoms with Gasteiger partial charge in [0.05, 0.1) is 39.5 Å². The number of rotatable bonds is 5. The zero-order chi connectivity index (χ0) is 45.3. The second kappa shape index (κ2) is 17.2. The average Bonchev–Trinajstić information content (AvgIpc) is 4.04. The van der Waals surface area contributed by atoms with Gasteiger partial charge in [-0.05, 0) is 123 Å². The molecule has 14 heteroatoms. The first-order chi connectivity index (χ1) is 29.1. The summed E-state index contributed by atoms with van der Waals surface area (Å²) in [6, 6.07) is 0. The second-order valence-corrected chi connectivity index (χ2v) is 23.1. The van der Waals surface area contributed by atoms with Crippen LogP contribution in [0.1, 0.15) is 145 Å². The van der Waals surface area contributed by atoms with E-state index in [1.54, 1.807) is 6.08 Å². The third-order valence-corrected chi connectivity index (χ3v) is 20.0. The zero-order valence-electron chi connectivity index (χ0n) is 38.8. The van der Waals surface area contributed by atoms with E-state index in [9.17, 15) is 31.2 Å². The molecule has 0 aromatic rings.